The zero-order valence-corrected chi connectivity index (χ0v) is 18.0. The number of nitrogens with zero attached hydrogens (tertiary/aromatic N) is 2. The number of anilines is 1. The first-order valence-electron chi connectivity index (χ1n) is 10.5. The number of amides is 1. The van der Waals surface area contributed by atoms with E-state index in [4.69, 9.17) is 0 Å². The number of hydrogen-bond donors (Lipinski definition) is 1. The fourth-order valence-corrected chi connectivity index (χ4v) is 3.39. The molecule has 0 radical (unpaired) electrons. The lowest BCUT2D eigenvalue weighted by molar-refractivity contribution is -0.117. The molecule has 0 unspecified atom stereocenters. The van der Waals surface area contributed by atoms with Crippen LogP contribution in [0.5, 0.6) is 0 Å². The number of nitrogens with one attached hydrogen (secondary N) is 1. The Balaban J connectivity index is 1.69. The molecule has 0 spiro atoms. The molecule has 0 aliphatic heterocycles. The van der Waals surface area contributed by atoms with Gasteiger partial charge in [-0.15, -0.1) is 0 Å². The number of carbonyl (C=O) groups is 1. The van der Waals surface area contributed by atoms with Crippen LogP contribution in [0.3, 0.4) is 0 Å². The van der Waals surface area contributed by atoms with Gasteiger partial charge in [0.15, 0.2) is 0 Å². The Kier molecular flexibility index (Phi) is 7.61. The van der Waals surface area contributed by atoms with E-state index in [-0.39, 0.29) is 17.5 Å². The second-order valence-electron chi connectivity index (χ2n) is 7.37. The molecule has 3 aromatic carbocycles. The third-order valence-corrected chi connectivity index (χ3v) is 5.18. The third kappa shape index (κ3) is 6.07. The zero-order valence-electron chi connectivity index (χ0n) is 18.0. The molecule has 0 aliphatic rings. The Morgan fingerprint density at radius 3 is 2.19 bits per heavy atom. The monoisotopic (exact) mass is 409 g/mol. The molecule has 4 heteroatoms. The largest absolute Gasteiger partial charge is 0.367 e. The first-order chi connectivity index (χ1) is 15.1. The van der Waals surface area contributed by atoms with Crippen LogP contribution in [0.4, 0.5) is 5.69 Å². The maximum Gasteiger partial charge on any atom is 0.262 e. The van der Waals surface area contributed by atoms with Gasteiger partial charge >= 0.3 is 0 Å². The standard InChI is InChI=1S/C27H27N3O/c1-3-30(20-23-10-6-4-7-11-23)26-16-14-22(15-17-26)18-25(19-28)27(31)29-21(2)24-12-8-5-9-13-24/h4-18,21H,3,20H2,1-2H3,(H,29,31)/b25-18+/t21-/m0/s1. The van der Waals surface area contributed by atoms with Crippen LogP contribution in [0.2, 0.25) is 0 Å². The molecule has 0 aliphatic carbocycles. The van der Waals surface area contributed by atoms with E-state index < -0.39 is 0 Å². The van der Waals surface area contributed by atoms with Gasteiger partial charge in [0.2, 0.25) is 0 Å². The molecule has 0 heterocycles. The van der Waals surface area contributed by atoms with Crippen LogP contribution >= 0.6 is 0 Å². The Labute approximate surface area is 184 Å². The van der Waals surface area contributed by atoms with E-state index in [9.17, 15) is 10.1 Å². The molecular weight excluding hydrogens is 382 g/mol. The van der Waals surface area contributed by atoms with Crippen LogP contribution in [0.1, 0.15) is 36.6 Å². The quantitative estimate of drug-likeness (QED) is 0.395. The highest BCUT2D eigenvalue weighted by atomic mass is 16.1. The normalized spacial score (nSPS) is 12.0. The van der Waals surface area contributed by atoms with Gasteiger partial charge < -0.3 is 10.2 Å². The Morgan fingerprint density at radius 1 is 1.00 bits per heavy atom. The molecule has 1 N–H and O–H groups in total. The van der Waals surface area contributed by atoms with Gasteiger partial charge in [-0.3, -0.25) is 4.79 Å². The SMILES string of the molecule is CCN(Cc1ccccc1)c1ccc(/C=C(\C#N)C(=O)N[C@@H](C)c2ccccc2)cc1. The van der Waals surface area contributed by atoms with Crippen LogP contribution in [-0.2, 0) is 11.3 Å². The van der Waals surface area contributed by atoms with Crippen molar-refractivity contribution in [1.29, 1.82) is 5.26 Å². The maximum atomic E-state index is 12.6. The number of nitriles is 1. The molecular formula is C27H27N3O. The van der Waals surface area contributed by atoms with Crippen molar-refractivity contribution in [2.24, 2.45) is 0 Å². The van der Waals surface area contributed by atoms with Crippen molar-refractivity contribution in [2.75, 3.05) is 11.4 Å². The average Bonchev–Trinajstić information content (AvgIpc) is 2.82. The van der Waals surface area contributed by atoms with Crippen molar-refractivity contribution in [2.45, 2.75) is 26.4 Å². The maximum absolute atomic E-state index is 12.6. The molecule has 0 saturated carbocycles. The number of hydrogen-bond acceptors (Lipinski definition) is 3. The summed E-state index contributed by atoms with van der Waals surface area (Å²) in [7, 11) is 0. The summed E-state index contributed by atoms with van der Waals surface area (Å²) in [5.74, 6) is -0.373. The van der Waals surface area contributed by atoms with Gasteiger partial charge in [-0.2, -0.15) is 5.26 Å². The molecule has 0 saturated heterocycles. The highest BCUT2D eigenvalue weighted by Crippen LogP contribution is 2.20. The van der Waals surface area contributed by atoms with Gasteiger partial charge in [-0.05, 0) is 48.7 Å². The van der Waals surface area contributed by atoms with E-state index in [1.54, 1.807) is 6.08 Å². The molecule has 156 valence electrons. The molecule has 1 amide bonds. The molecule has 0 bridgehead atoms. The highest BCUT2D eigenvalue weighted by molar-refractivity contribution is 6.01. The molecule has 1 atom stereocenters. The minimum absolute atomic E-state index is 0.0900. The predicted molar refractivity (Wildman–Crippen MR) is 126 cm³/mol. The Hall–Kier alpha value is -3.84. The summed E-state index contributed by atoms with van der Waals surface area (Å²) in [4.78, 5) is 14.9. The summed E-state index contributed by atoms with van der Waals surface area (Å²) in [6.07, 6.45) is 1.63. The molecule has 3 aromatic rings. The van der Waals surface area contributed by atoms with Crippen molar-refractivity contribution in [3.05, 3.63) is 107 Å². The number of rotatable bonds is 8. The van der Waals surface area contributed by atoms with Crippen molar-refractivity contribution >= 4 is 17.7 Å². The molecule has 0 aromatic heterocycles. The Morgan fingerprint density at radius 2 is 1.61 bits per heavy atom. The van der Waals surface area contributed by atoms with E-state index in [2.05, 4.69) is 29.3 Å². The third-order valence-electron chi connectivity index (χ3n) is 5.18. The lowest BCUT2D eigenvalue weighted by Crippen LogP contribution is -2.27. The molecule has 31 heavy (non-hydrogen) atoms. The van der Waals surface area contributed by atoms with Gasteiger partial charge in [0, 0.05) is 18.8 Å². The second-order valence-corrected chi connectivity index (χ2v) is 7.37. The Bertz CT molecular complexity index is 1050. The van der Waals surface area contributed by atoms with Crippen LogP contribution in [0.15, 0.2) is 90.5 Å². The van der Waals surface area contributed by atoms with E-state index in [0.29, 0.717) is 0 Å². The van der Waals surface area contributed by atoms with Gasteiger partial charge in [0.25, 0.3) is 5.91 Å². The topological polar surface area (TPSA) is 56.1 Å². The lowest BCUT2D eigenvalue weighted by atomic mass is 10.1. The predicted octanol–water partition coefficient (Wildman–Crippen LogP) is 5.50. The van der Waals surface area contributed by atoms with Crippen molar-refractivity contribution in [3.8, 4) is 6.07 Å². The smallest absolute Gasteiger partial charge is 0.262 e. The first-order valence-corrected chi connectivity index (χ1v) is 10.5. The summed E-state index contributed by atoms with van der Waals surface area (Å²) >= 11 is 0. The zero-order chi connectivity index (χ0) is 22.1. The van der Waals surface area contributed by atoms with Crippen molar-refractivity contribution in [1.82, 2.24) is 5.32 Å². The van der Waals surface area contributed by atoms with Gasteiger partial charge in [-0.1, -0.05) is 72.8 Å². The van der Waals surface area contributed by atoms with Crippen LogP contribution in [0, 0.1) is 11.3 Å². The van der Waals surface area contributed by atoms with E-state index in [1.807, 2.05) is 85.8 Å². The minimum atomic E-state index is -0.373. The van der Waals surface area contributed by atoms with Gasteiger partial charge in [0.1, 0.15) is 11.6 Å². The summed E-state index contributed by atoms with van der Waals surface area (Å²) in [5.41, 5.74) is 4.26. The highest BCUT2D eigenvalue weighted by Gasteiger charge is 2.14. The number of carbonyl (C=O) groups excluding carboxylic acids is 1. The van der Waals surface area contributed by atoms with E-state index in [0.717, 1.165) is 29.9 Å². The summed E-state index contributed by atoms with van der Waals surface area (Å²) < 4.78 is 0. The average molecular weight is 410 g/mol. The summed E-state index contributed by atoms with van der Waals surface area (Å²) in [6.45, 7) is 5.74. The first kappa shape index (κ1) is 21.9. The van der Waals surface area contributed by atoms with Crippen LogP contribution in [0.25, 0.3) is 6.08 Å². The number of benzene rings is 3. The van der Waals surface area contributed by atoms with E-state index in [1.165, 1.54) is 5.56 Å². The van der Waals surface area contributed by atoms with Crippen molar-refractivity contribution < 1.29 is 4.79 Å². The molecule has 3 rings (SSSR count). The van der Waals surface area contributed by atoms with Crippen molar-refractivity contribution in [3.63, 3.8) is 0 Å². The summed E-state index contributed by atoms with van der Waals surface area (Å²) in [6, 6.07) is 29.8. The fourth-order valence-electron chi connectivity index (χ4n) is 3.39. The summed E-state index contributed by atoms with van der Waals surface area (Å²) in [5, 5.41) is 12.4. The molecule has 0 fully saturated rings. The van der Waals surface area contributed by atoms with Crippen LogP contribution < -0.4 is 10.2 Å². The lowest BCUT2D eigenvalue weighted by Gasteiger charge is -2.23. The minimum Gasteiger partial charge on any atom is -0.367 e. The fraction of sp³-hybridized carbons (Fsp3) is 0.185. The second kappa shape index (κ2) is 10.8. The van der Waals surface area contributed by atoms with Gasteiger partial charge in [0.05, 0.1) is 6.04 Å². The van der Waals surface area contributed by atoms with Crippen LogP contribution in [-0.4, -0.2) is 12.5 Å². The van der Waals surface area contributed by atoms with E-state index >= 15 is 0 Å². The molecule has 4 nitrogen and oxygen atoms in total. The van der Waals surface area contributed by atoms with Gasteiger partial charge in [-0.25, -0.2) is 0 Å².